The van der Waals surface area contributed by atoms with Crippen LogP contribution in [0.2, 0.25) is 10.0 Å². The molecule has 0 aliphatic rings. The van der Waals surface area contributed by atoms with E-state index in [4.69, 9.17) is 23.2 Å². The number of hydrogen-bond donors (Lipinski definition) is 1. The van der Waals surface area contributed by atoms with Gasteiger partial charge in [0, 0.05) is 21.0 Å². The molecule has 2 aromatic rings. The zero-order valence-corrected chi connectivity index (χ0v) is 13.2. The summed E-state index contributed by atoms with van der Waals surface area (Å²) >= 11 is 13.9. The molecule has 0 radical (unpaired) electrons. The maximum Gasteiger partial charge on any atom is 0.0453 e. The Balaban J connectivity index is 1.89. The van der Waals surface area contributed by atoms with Crippen molar-refractivity contribution < 1.29 is 0 Å². The van der Waals surface area contributed by atoms with Crippen molar-refractivity contribution in [3.8, 4) is 0 Å². The Hall–Kier alpha value is -0.540. The summed E-state index contributed by atoms with van der Waals surface area (Å²) < 4.78 is 0. The Labute approximate surface area is 128 Å². The number of rotatable bonds is 6. The van der Waals surface area contributed by atoms with Crippen LogP contribution < -0.4 is 5.32 Å². The lowest BCUT2D eigenvalue weighted by molar-refractivity contribution is 0.530. The van der Waals surface area contributed by atoms with Crippen LogP contribution in [0.1, 0.15) is 29.8 Å². The van der Waals surface area contributed by atoms with Gasteiger partial charge in [0.05, 0.1) is 0 Å². The monoisotopic (exact) mass is 313 g/mol. The van der Waals surface area contributed by atoms with E-state index in [0.717, 1.165) is 30.0 Å². The Morgan fingerprint density at radius 1 is 1.26 bits per heavy atom. The molecule has 1 heterocycles. The maximum atomic E-state index is 6.17. The molecule has 0 bridgehead atoms. The van der Waals surface area contributed by atoms with Gasteiger partial charge in [0.25, 0.3) is 0 Å². The lowest BCUT2D eigenvalue weighted by Crippen LogP contribution is -2.22. The summed E-state index contributed by atoms with van der Waals surface area (Å²) in [7, 11) is 0. The highest BCUT2D eigenvalue weighted by molar-refractivity contribution is 7.10. The second kappa shape index (κ2) is 7.30. The van der Waals surface area contributed by atoms with E-state index in [1.165, 1.54) is 4.88 Å². The molecule has 1 aromatic heterocycles. The van der Waals surface area contributed by atoms with Gasteiger partial charge in [-0.3, -0.25) is 0 Å². The molecular formula is C15H17Cl2NS. The highest BCUT2D eigenvalue weighted by Crippen LogP contribution is 2.23. The van der Waals surface area contributed by atoms with Gasteiger partial charge in [0.2, 0.25) is 0 Å². The standard InChI is InChI=1S/C15H17Cl2NS/c1-2-14(15-4-3-9-19-15)18-8-7-11-5-6-12(16)10-13(11)17/h3-6,9-10,14,18H,2,7-8H2,1H3. The summed E-state index contributed by atoms with van der Waals surface area (Å²) in [6.07, 6.45) is 2.01. The van der Waals surface area contributed by atoms with Crippen molar-refractivity contribution in [3.63, 3.8) is 0 Å². The maximum absolute atomic E-state index is 6.17. The first-order valence-corrected chi connectivity index (χ1v) is 8.05. The molecule has 0 saturated carbocycles. The summed E-state index contributed by atoms with van der Waals surface area (Å²) in [6.45, 7) is 3.12. The molecule has 0 amide bonds. The van der Waals surface area contributed by atoms with Gasteiger partial charge in [-0.1, -0.05) is 42.3 Å². The molecule has 1 unspecified atom stereocenters. The van der Waals surface area contributed by atoms with Gasteiger partial charge in [-0.05, 0) is 48.5 Å². The lowest BCUT2D eigenvalue weighted by atomic mass is 10.1. The van der Waals surface area contributed by atoms with Gasteiger partial charge < -0.3 is 5.32 Å². The average molecular weight is 314 g/mol. The molecule has 1 nitrogen and oxygen atoms in total. The van der Waals surface area contributed by atoms with Crippen LogP contribution in [0.5, 0.6) is 0 Å². The fourth-order valence-electron chi connectivity index (χ4n) is 2.04. The SMILES string of the molecule is CCC(NCCc1ccc(Cl)cc1Cl)c1cccs1. The minimum Gasteiger partial charge on any atom is -0.309 e. The first-order chi connectivity index (χ1) is 9.20. The molecule has 0 spiro atoms. The minimum atomic E-state index is 0.436. The van der Waals surface area contributed by atoms with Crippen LogP contribution in [-0.4, -0.2) is 6.54 Å². The van der Waals surface area contributed by atoms with Gasteiger partial charge >= 0.3 is 0 Å². The Bertz CT molecular complexity index is 511. The molecule has 0 aliphatic carbocycles. The van der Waals surface area contributed by atoms with Gasteiger partial charge in [-0.15, -0.1) is 11.3 Å². The van der Waals surface area contributed by atoms with E-state index >= 15 is 0 Å². The highest BCUT2D eigenvalue weighted by Gasteiger charge is 2.09. The van der Waals surface area contributed by atoms with Crippen LogP contribution in [0.25, 0.3) is 0 Å². The fourth-order valence-corrected chi connectivity index (χ4v) is 3.43. The Kier molecular flexibility index (Phi) is 5.71. The first kappa shape index (κ1) is 14.9. The fraction of sp³-hybridized carbons (Fsp3) is 0.333. The van der Waals surface area contributed by atoms with Crippen molar-refractivity contribution in [2.45, 2.75) is 25.8 Å². The molecule has 1 aromatic carbocycles. The van der Waals surface area contributed by atoms with Gasteiger partial charge in [-0.25, -0.2) is 0 Å². The van der Waals surface area contributed by atoms with E-state index in [2.05, 4.69) is 29.8 Å². The van der Waals surface area contributed by atoms with Crippen LogP contribution >= 0.6 is 34.5 Å². The number of thiophene rings is 1. The van der Waals surface area contributed by atoms with Crippen LogP contribution in [0.3, 0.4) is 0 Å². The molecule has 1 N–H and O–H groups in total. The topological polar surface area (TPSA) is 12.0 Å². The highest BCUT2D eigenvalue weighted by atomic mass is 35.5. The number of hydrogen-bond acceptors (Lipinski definition) is 2. The minimum absolute atomic E-state index is 0.436. The predicted molar refractivity (Wildman–Crippen MR) is 85.5 cm³/mol. The smallest absolute Gasteiger partial charge is 0.0453 e. The largest absolute Gasteiger partial charge is 0.309 e. The molecule has 0 fully saturated rings. The molecule has 0 saturated heterocycles. The summed E-state index contributed by atoms with van der Waals surface area (Å²) in [4.78, 5) is 1.39. The van der Waals surface area contributed by atoms with E-state index in [9.17, 15) is 0 Å². The van der Waals surface area contributed by atoms with Crippen molar-refractivity contribution in [1.29, 1.82) is 0 Å². The van der Waals surface area contributed by atoms with Crippen LogP contribution in [0.4, 0.5) is 0 Å². The molecule has 4 heteroatoms. The van der Waals surface area contributed by atoms with Crippen LogP contribution in [0, 0.1) is 0 Å². The third-order valence-electron chi connectivity index (χ3n) is 3.10. The van der Waals surface area contributed by atoms with Crippen molar-refractivity contribution in [2.24, 2.45) is 0 Å². The normalized spacial score (nSPS) is 12.6. The summed E-state index contributed by atoms with van der Waals surface area (Å²) in [5.41, 5.74) is 1.14. The van der Waals surface area contributed by atoms with Crippen molar-refractivity contribution in [2.75, 3.05) is 6.54 Å². The van der Waals surface area contributed by atoms with E-state index < -0.39 is 0 Å². The number of halogens is 2. The van der Waals surface area contributed by atoms with Crippen LogP contribution in [0.15, 0.2) is 35.7 Å². The number of benzene rings is 1. The molecular weight excluding hydrogens is 297 g/mol. The quantitative estimate of drug-likeness (QED) is 0.759. The molecule has 0 aliphatic heterocycles. The van der Waals surface area contributed by atoms with Gasteiger partial charge in [0.1, 0.15) is 0 Å². The first-order valence-electron chi connectivity index (χ1n) is 6.41. The van der Waals surface area contributed by atoms with Crippen molar-refractivity contribution in [3.05, 3.63) is 56.2 Å². The van der Waals surface area contributed by atoms with Crippen molar-refractivity contribution >= 4 is 34.5 Å². The van der Waals surface area contributed by atoms with E-state index in [0.29, 0.717) is 11.1 Å². The summed E-state index contributed by atoms with van der Waals surface area (Å²) in [5, 5.41) is 7.14. The predicted octanol–water partition coefficient (Wildman–Crippen LogP) is 5.34. The lowest BCUT2D eigenvalue weighted by Gasteiger charge is -2.15. The second-order valence-electron chi connectivity index (χ2n) is 4.42. The van der Waals surface area contributed by atoms with Crippen LogP contribution in [-0.2, 0) is 6.42 Å². The van der Waals surface area contributed by atoms with Crippen molar-refractivity contribution in [1.82, 2.24) is 5.32 Å². The number of nitrogens with one attached hydrogen (secondary N) is 1. The average Bonchev–Trinajstić information content (AvgIpc) is 2.90. The molecule has 2 rings (SSSR count). The Morgan fingerprint density at radius 3 is 2.74 bits per heavy atom. The molecule has 1 atom stereocenters. The van der Waals surface area contributed by atoms with Gasteiger partial charge in [-0.2, -0.15) is 0 Å². The van der Waals surface area contributed by atoms with E-state index in [1.807, 2.05) is 12.1 Å². The van der Waals surface area contributed by atoms with E-state index in [-0.39, 0.29) is 0 Å². The molecule has 102 valence electrons. The second-order valence-corrected chi connectivity index (χ2v) is 6.24. The Morgan fingerprint density at radius 2 is 2.11 bits per heavy atom. The zero-order valence-electron chi connectivity index (χ0n) is 10.8. The summed E-state index contributed by atoms with van der Waals surface area (Å²) in [5.74, 6) is 0. The summed E-state index contributed by atoms with van der Waals surface area (Å²) in [6, 6.07) is 10.4. The van der Waals surface area contributed by atoms with E-state index in [1.54, 1.807) is 17.4 Å². The molecule has 19 heavy (non-hydrogen) atoms. The third kappa shape index (κ3) is 4.22. The zero-order chi connectivity index (χ0) is 13.7. The third-order valence-corrected chi connectivity index (χ3v) is 4.67. The van der Waals surface area contributed by atoms with Gasteiger partial charge in [0.15, 0.2) is 0 Å².